The second-order valence-corrected chi connectivity index (χ2v) is 3.00. The molecule has 0 aliphatic rings. The largest absolute Gasteiger partial charge is 0.134 e. The molecule has 0 spiro atoms. The Kier molecular flexibility index (Phi) is 6.83. The van der Waals surface area contributed by atoms with Crippen molar-refractivity contribution in [2.45, 2.75) is 26.7 Å². The third-order valence-electron chi connectivity index (χ3n) is 1.38. The first-order valence-corrected chi connectivity index (χ1v) is 4.88. The molecule has 0 bridgehead atoms. The van der Waals surface area contributed by atoms with Gasteiger partial charge in [0.05, 0.1) is 0 Å². The van der Waals surface area contributed by atoms with Crippen LogP contribution in [0.1, 0.15) is 26.7 Å². The average molecular weight is 156 g/mol. The van der Waals surface area contributed by atoms with Crippen LogP contribution in [0.4, 0.5) is 0 Å². The van der Waals surface area contributed by atoms with Crippen LogP contribution in [-0.4, -0.2) is 6.26 Å². The molecule has 0 aromatic rings. The summed E-state index contributed by atoms with van der Waals surface area (Å²) in [5.41, 5.74) is 0. The number of allylic oxidation sites excluding steroid dienone is 4. The molecule has 0 amide bonds. The summed E-state index contributed by atoms with van der Waals surface area (Å²) in [6, 6.07) is 0. The summed E-state index contributed by atoms with van der Waals surface area (Å²) in [5, 5.41) is 0. The van der Waals surface area contributed by atoms with Crippen LogP contribution < -0.4 is 0 Å². The zero-order chi connectivity index (χ0) is 7.82. The van der Waals surface area contributed by atoms with E-state index in [2.05, 4.69) is 38.3 Å². The van der Waals surface area contributed by atoms with Gasteiger partial charge in [0, 0.05) is 0 Å². The van der Waals surface area contributed by atoms with Gasteiger partial charge in [-0.3, -0.25) is 0 Å². The van der Waals surface area contributed by atoms with Crippen molar-refractivity contribution in [2.24, 2.45) is 0 Å². The Morgan fingerprint density at radius 2 is 2.10 bits per heavy atom. The average Bonchev–Trinajstić information content (AvgIpc) is 1.99. The molecule has 0 saturated heterocycles. The molecule has 0 aromatic heterocycles. The highest BCUT2D eigenvalue weighted by Crippen LogP contribution is 2.17. The van der Waals surface area contributed by atoms with Crippen molar-refractivity contribution in [1.29, 1.82) is 0 Å². The molecule has 0 atom stereocenters. The summed E-state index contributed by atoms with van der Waals surface area (Å²) in [6.45, 7) is 4.16. The fraction of sp³-hybridized carbons (Fsp3) is 0.556. The van der Waals surface area contributed by atoms with E-state index in [1.807, 2.05) is 11.8 Å². The van der Waals surface area contributed by atoms with Gasteiger partial charge in [0.15, 0.2) is 0 Å². The maximum absolute atomic E-state index is 2.21. The first-order valence-electron chi connectivity index (χ1n) is 3.65. The van der Waals surface area contributed by atoms with Crippen molar-refractivity contribution in [3.8, 4) is 0 Å². The number of rotatable bonds is 4. The zero-order valence-corrected chi connectivity index (χ0v) is 7.87. The third kappa shape index (κ3) is 4.68. The molecule has 0 heterocycles. The van der Waals surface area contributed by atoms with Gasteiger partial charge in [-0.25, -0.2) is 0 Å². The van der Waals surface area contributed by atoms with Crippen molar-refractivity contribution in [1.82, 2.24) is 0 Å². The minimum Gasteiger partial charge on any atom is -0.134 e. The summed E-state index contributed by atoms with van der Waals surface area (Å²) in [7, 11) is 0. The van der Waals surface area contributed by atoms with E-state index in [-0.39, 0.29) is 0 Å². The molecule has 0 nitrogen and oxygen atoms in total. The van der Waals surface area contributed by atoms with Gasteiger partial charge in [0.25, 0.3) is 0 Å². The first kappa shape index (κ1) is 9.83. The fourth-order valence-electron chi connectivity index (χ4n) is 0.757. The smallest absolute Gasteiger partial charge is 0.0140 e. The van der Waals surface area contributed by atoms with E-state index in [0.717, 1.165) is 0 Å². The van der Waals surface area contributed by atoms with Crippen molar-refractivity contribution >= 4 is 11.8 Å². The minimum absolute atomic E-state index is 1.18. The van der Waals surface area contributed by atoms with Gasteiger partial charge in [-0.05, 0) is 37.9 Å². The molecule has 0 unspecified atom stereocenters. The monoisotopic (exact) mass is 156 g/mol. The maximum atomic E-state index is 2.21. The topological polar surface area (TPSA) is 0 Å². The summed E-state index contributed by atoms with van der Waals surface area (Å²) in [4.78, 5) is 1.48. The van der Waals surface area contributed by atoms with Crippen molar-refractivity contribution in [2.75, 3.05) is 6.26 Å². The Morgan fingerprint density at radius 1 is 1.40 bits per heavy atom. The van der Waals surface area contributed by atoms with Crippen molar-refractivity contribution in [3.63, 3.8) is 0 Å². The molecule has 0 N–H and O–H groups in total. The molecule has 0 radical (unpaired) electrons. The summed E-state index contributed by atoms with van der Waals surface area (Å²) >= 11 is 1.85. The molecular weight excluding hydrogens is 140 g/mol. The normalized spacial score (nSPS) is 12.9. The van der Waals surface area contributed by atoms with Gasteiger partial charge in [0.2, 0.25) is 0 Å². The van der Waals surface area contributed by atoms with E-state index in [0.29, 0.717) is 0 Å². The first-order chi connectivity index (χ1) is 4.85. The van der Waals surface area contributed by atoms with Crippen LogP contribution in [0.5, 0.6) is 0 Å². The molecule has 0 fully saturated rings. The minimum atomic E-state index is 1.18. The van der Waals surface area contributed by atoms with Crippen molar-refractivity contribution in [3.05, 3.63) is 23.1 Å². The SMILES string of the molecule is CC=CCCC(=CC)SC. The lowest BCUT2D eigenvalue weighted by Gasteiger charge is -1.98. The Labute approximate surface area is 68.4 Å². The standard InChI is InChI=1S/C9H16S/c1-4-6-7-8-9(5-2)10-3/h4-6H,7-8H2,1-3H3. The molecule has 0 aliphatic carbocycles. The summed E-state index contributed by atoms with van der Waals surface area (Å²) in [5.74, 6) is 0. The predicted octanol–water partition coefficient (Wildman–Crippen LogP) is 3.61. The number of hydrogen-bond donors (Lipinski definition) is 0. The fourth-order valence-corrected chi connectivity index (χ4v) is 1.31. The molecule has 0 aliphatic heterocycles. The Morgan fingerprint density at radius 3 is 2.50 bits per heavy atom. The van der Waals surface area contributed by atoms with Crippen LogP contribution in [-0.2, 0) is 0 Å². The molecule has 0 rings (SSSR count). The van der Waals surface area contributed by atoms with Crippen molar-refractivity contribution < 1.29 is 0 Å². The Bertz CT molecular complexity index is 123. The predicted molar refractivity (Wildman–Crippen MR) is 51.3 cm³/mol. The van der Waals surface area contributed by atoms with Crippen LogP contribution >= 0.6 is 11.8 Å². The maximum Gasteiger partial charge on any atom is -0.0140 e. The van der Waals surface area contributed by atoms with Gasteiger partial charge in [0.1, 0.15) is 0 Å². The third-order valence-corrected chi connectivity index (χ3v) is 2.34. The van der Waals surface area contributed by atoms with Gasteiger partial charge in [-0.2, -0.15) is 0 Å². The lowest BCUT2D eigenvalue weighted by atomic mass is 10.3. The molecule has 10 heavy (non-hydrogen) atoms. The Hall–Kier alpha value is -0.170. The second-order valence-electron chi connectivity index (χ2n) is 2.07. The van der Waals surface area contributed by atoms with E-state index in [4.69, 9.17) is 0 Å². The van der Waals surface area contributed by atoms with Gasteiger partial charge in [-0.1, -0.05) is 18.2 Å². The van der Waals surface area contributed by atoms with E-state index < -0.39 is 0 Å². The Balaban J connectivity index is 3.46. The van der Waals surface area contributed by atoms with E-state index in [9.17, 15) is 0 Å². The van der Waals surface area contributed by atoms with Crippen LogP contribution in [0.2, 0.25) is 0 Å². The van der Waals surface area contributed by atoms with Crippen LogP contribution in [0.25, 0.3) is 0 Å². The molecule has 58 valence electrons. The van der Waals surface area contributed by atoms with Gasteiger partial charge < -0.3 is 0 Å². The van der Waals surface area contributed by atoms with Gasteiger partial charge in [-0.15, -0.1) is 11.8 Å². The summed E-state index contributed by atoms with van der Waals surface area (Å²) in [6.07, 6.45) is 11.0. The lowest BCUT2D eigenvalue weighted by molar-refractivity contribution is 1.03. The van der Waals surface area contributed by atoms with Crippen LogP contribution in [0.15, 0.2) is 23.1 Å². The number of hydrogen-bond acceptors (Lipinski definition) is 1. The van der Waals surface area contributed by atoms with Crippen LogP contribution in [0, 0.1) is 0 Å². The highest BCUT2D eigenvalue weighted by molar-refractivity contribution is 8.02. The highest BCUT2D eigenvalue weighted by Gasteiger charge is 1.89. The van der Waals surface area contributed by atoms with E-state index >= 15 is 0 Å². The molecule has 1 heteroatoms. The number of thioether (sulfide) groups is 1. The highest BCUT2D eigenvalue weighted by atomic mass is 32.2. The molecular formula is C9H16S. The molecule has 0 aromatic carbocycles. The zero-order valence-electron chi connectivity index (χ0n) is 7.05. The quantitative estimate of drug-likeness (QED) is 0.560. The second kappa shape index (κ2) is 6.94. The van der Waals surface area contributed by atoms with E-state index in [1.165, 1.54) is 17.7 Å². The molecule has 0 saturated carbocycles. The van der Waals surface area contributed by atoms with E-state index in [1.54, 1.807) is 0 Å². The lowest BCUT2D eigenvalue weighted by Crippen LogP contribution is -1.73. The van der Waals surface area contributed by atoms with Gasteiger partial charge >= 0.3 is 0 Å². The van der Waals surface area contributed by atoms with Crippen LogP contribution in [0.3, 0.4) is 0 Å². The summed E-state index contributed by atoms with van der Waals surface area (Å²) < 4.78 is 0.